The molecule has 1 nitrogen and oxygen atoms in total. The summed E-state index contributed by atoms with van der Waals surface area (Å²) in [6.45, 7) is 4.14. The average Bonchev–Trinajstić information content (AvgIpc) is 2.68. The minimum atomic E-state index is 1.15. The molecule has 0 saturated carbocycles. The Morgan fingerprint density at radius 3 is 2.80 bits per heavy atom. The van der Waals surface area contributed by atoms with E-state index >= 15 is 0 Å². The van der Waals surface area contributed by atoms with Crippen molar-refractivity contribution in [3.8, 4) is 0 Å². The SMILES string of the molecule is C/C=C(C)\C=C/c1cc2ccccc2[nH]1. The molecule has 0 fully saturated rings. The first kappa shape index (κ1) is 9.78. The third-order valence-electron chi connectivity index (χ3n) is 2.53. The Morgan fingerprint density at radius 2 is 2.07 bits per heavy atom. The van der Waals surface area contributed by atoms with Crippen LogP contribution in [0.25, 0.3) is 17.0 Å². The molecule has 1 aromatic carbocycles. The lowest BCUT2D eigenvalue weighted by molar-refractivity contribution is 1.42. The van der Waals surface area contributed by atoms with Gasteiger partial charge < -0.3 is 4.98 Å². The number of hydrogen-bond acceptors (Lipinski definition) is 0. The van der Waals surface area contributed by atoms with Crippen molar-refractivity contribution in [1.29, 1.82) is 0 Å². The van der Waals surface area contributed by atoms with Crippen molar-refractivity contribution in [1.82, 2.24) is 4.98 Å². The highest BCUT2D eigenvalue weighted by Gasteiger charge is 1.95. The van der Waals surface area contributed by atoms with Crippen LogP contribution in [0.2, 0.25) is 0 Å². The lowest BCUT2D eigenvalue weighted by Crippen LogP contribution is -1.70. The molecule has 15 heavy (non-hydrogen) atoms. The molecule has 0 spiro atoms. The Balaban J connectivity index is 2.33. The molecule has 1 aromatic heterocycles. The summed E-state index contributed by atoms with van der Waals surface area (Å²) in [5.41, 5.74) is 3.61. The van der Waals surface area contributed by atoms with Gasteiger partial charge in [0.2, 0.25) is 0 Å². The zero-order valence-corrected chi connectivity index (χ0v) is 9.12. The molecule has 2 aromatic rings. The molecule has 0 saturated heterocycles. The Hall–Kier alpha value is -1.76. The van der Waals surface area contributed by atoms with E-state index < -0.39 is 0 Å². The highest BCUT2D eigenvalue weighted by molar-refractivity contribution is 5.82. The van der Waals surface area contributed by atoms with Crippen molar-refractivity contribution in [3.63, 3.8) is 0 Å². The number of benzene rings is 1. The maximum Gasteiger partial charge on any atom is 0.0458 e. The summed E-state index contributed by atoms with van der Waals surface area (Å²) in [6, 6.07) is 10.5. The lowest BCUT2D eigenvalue weighted by Gasteiger charge is -1.87. The van der Waals surface area contributed by atoms with E-state index in [-0.39, 0.29) is 0 Å². The summed E-state index contributed by atoms with van der Waals surface area (Å²) in [5.74, 6) is 0. The minimum absolute atomic E-state index is 1.15. The topological polar surface area (TPSA) is 15.8 Å². The van der Waals surface area contributed by atoms with Gasteiger partial charge in [-0.1, -0.05) is 35.9 Å². The molecule has 0 amide bonds. The van der Waals surface area contributed by atoms with Gasteiger partial charge in [0, 0.05) is 11.2 Å². The van der Waals surface area contributed by atoms with Crippen LogP contribution in [0.1, 0.15) is 19.5 Å². The summed E-state index contributed by atoms with van der Waals surface area (Å²) in [5, 5.41) is 1.26. The first-order valence-electron chi connectivity index (χ1n) is 5.18. The summed E-state index contributed by atoms with van der Waals surface area (Å²) >= 11 is 0. The first-order valence-corrected chi connectivity index (χ1v) is 5.18. The predicted molar refractivity (Wildman–Crippen MR) is 66.8 cm³/mol. The van der Waals surface area contributed by atoms with Crippen LogP contribution >= 0.6 is 0 Å². The fraction of sp³-hybridized carbons (Fsp3) is 0.143. The van der Waals surface area contributed by atoms with Gasteiger partial charge in [-0.3, -0.25) is 0 Å². The minimum Gasteiger partial charge on any atom is -0.355 e. The van der Waals surface area contributed by atoms with Gasteiger partial charge in [-0.15, -0.1) is 0 Å². The van der Waals surface area contributed by atoms with Crippen molar-refractivity contribution < 1.29 is 0 Å². The number of hydrogen-bond donors (Lipinski definition) is 1. The van der Waals surface area contributed by atoms with Gasteiger partial charge in [0.25, 0.3) is 0 Å². The normalized spacial score (nSPS) is 12.8. The van der Waals surface area contributed by atoms with E-state index in [1.807, 2.05) is 13.0 Å². The van der Waals surface area contributed by atoms with E-state index in [2.05, 4.69) is 54.4 Å². The number of allylic oxidation sites excluding steroid dienone is 3. The van der Waals surface area contributed by atoms with Crippen LogP contribution in [-0.4, -0.2) is 4.98 Å². The van der Waals surface area contributed by atoms with E-state index in [0.717, 1.165) is 5.69 Å². The van der Waals surface area contributed by atoms with Crippen molar-refractivity contribution in [2.45, 2.75) is 13.8 Å². The van der Waals surface area contributed by atoms with Gasteiger partial charge in [0.15, 0.2) is 0 Å². The zero-order valence-electron chi connectivity index (χ0n) is 9.12. The van der Waals surface area contributed by atoms with Crippen LogP contribution in [0.5, 0.6) is 0 Å². The van der Waals surface area contributed by atoms with Crippen LogP contribution in [0.3, 0.4) is 0 Å². The van der Waals surface area contributed by atoms with Gasteiger partial charge in [0.05, 0.1) is 0 Å². The third-order valence-corrected chi connectivity index (χ3v) is 2.53. The third kappa shape index (κ3) is 2.18. The molecule has 0 radical (unpaired) electrons. The number of rotatable bonds is 2. The number of aromatic nitrogens is 1. The molecule has 1 N–H and O–H groups in total. The Bertz CT molecular complexity index is 482. The van der Waals surface area contributed by atoms with E-state index in [1.165, 1.54) is 16.5 Å². The second-order valence-electron chi connectivity index (χ2n) is 3.68. The smallest absolute Gasteiger partial charge is 0.0458 e. The molecule has 2 rings (SSSR count). The molecule has 1 heteroatoms. The average molecular weight is 197 g/mol. The Morgan fingerprint density at radius 1 is 1.27 bits per heavy atom. The monoisotopic (exact) mass is 197 g/mol. The van der Waals surface area contributed by atoms with Gasteiger partial charge in [-0.05, 0) is 37.4 Å². The molecular formula is C14H15N. The van der Waals surface area contributed by atoms with Crippen LogP contribution in [0.4, 0.5) is 0 Å². The zero-order chi connectivity index (χ0) is 10.7. The molecule has 1 heterocycles. The summed E-state index contributed by atoms with van der Waals surface area (Å²) in [7, 11) is 0. The van der Waals surface area contributed by atoms with E-state index in [1.54, 1.807) is 0 Å². The first-order chi connectivity index (χ1) is 7.29. The van der Waals surface area contributed by atoms with Crippen LogP contribution in [0.15, 0.2) is 48.1 Å². The van der Waals surface area contributed by atoms with Gasteiger partial charge in [-0.2, -0.15) is 0 Å². The molecule has 0 atom stereocenters. The molecule has 76 valence electrons. The van der Waals surface area contributed by atoms with Gasteiger partial charge in [0.1, 0.15) is 0 Å². The van der Waals surface area contributed by atoms with Crippen molar-refractivity contribution in [2.75, 3.05) is 0 Å². The summed E-state index contributed by atoms with van der Waals surface area (Å²) in [4.78, 5) is 3.36. The number of H-pyrrole nitrogens is 1. The molecule has 0 aliphatic carbocycles. The number of aromatic amines is 1. The van der Waals surface area contributed by atoms with E-state index in [4.69, 9.17) is 0 Å². The second-order valence-corrected chi connectivity index (χ2v) is 3.68. The highest BCUT2D eigenvalue weighted by atomic mass is 14.7. The lowest BCUT2D eigenvalue weighted by atomic mass is 10.2. The molecule has 0 unspecified atom stereocenters. The van der Waals surface area contributed by atoms with Crippen molar-refractivity contribution >= 4 is 17.0 Å². The molecular weight excluding hydrogens is 182 g/mol. The fourth-order valence-corrected chi connectivity index (χ4v) is 1.50. The van der Waals surface area contributed by atoms with Crippen LogP contribution in [0, 0.1) is 0 Å². The molecule has 0 aliphatic heterocycles. The van der Waals surface area contributed by atoms with E-state index in [9.17, 15) is 0 Å². The van der Waals surface area contributed by atoms with Crippen LogP contribution < -0.4 is 0 Å². The number of para-hydroxylation sites is 1. The molecule has 0 aliphatic rings. The largest absolute Gasteiger partial charge is 0.355 e. The molecule has 0 bridgehead atoms. The predicted octanol–water partition coefficient (Wildman–Crippen LogP) is 4.15. The van der Waals surface area contributed by atoms with E-state index in [0.29, 0.717) is 0 Å². The maximum absolute atomic E-state index is 3.36. The quantitative estimate of drug-likeness (QED) is 0.696. The van der Waals surface area contributed by atoms with Gasteiger partial charge >= 0.3 is 0 Å². The standard InChI is InChI=1S/C14H15N/c1-3-11(2)8-9-13-10-12-6-4-5-7-14(12)15-13/h3-10,15H,1-2H3/b9-8-,11-3-. The van der Waals surface area contributed by atoms with Crippen molar-refractivity contribution in [3.05, 3.63) is 53.8 Å². The Kier molecular flexibility index (Phi) is 2.72. The maximum atomic E-state index is 3.36. The van der Waals surface area contributed by atoms with Crippen LogP contribution in [-0.2, 0) is 0 Å². The Labute approximate surface area is 90.1 Å². The second kappa shape index (κ2) is 4.18. The number of fused-ring (bicyclic) bond motifs is 1. The number of nitrogens with one attached hydrogen (secondary N) is 1. The summed E-state index contributed by atoms with van der Waals surface area (Å²) in [6.07, 6.45) is 6.32. The van der Waals surface area contributed by atoms with Gasteiger partial charge in [-0.25, -0.2) is 0 Å². The van der Waals surface area contributed by atoms with Crippen molar-refractivity contribution in [2.24, 2.45) is 0 Å². The highest BCUT2D eigenvalue weighted by Crippen LogP contribution is 2.15. The fourth-order valence-electron chi connectivity index (χ4n) is 1.50. The summed E-state index contributed by atoms with van der Waals surface area (Å²) < 4.78 is 0.